The molecule has 0 atom stereocenters. The quantitative estimate of drug-likeness (QED) is 0.690. The molecule has 0 N–H and O–H groups in total. The van der Waals surface area contributed by atoms with Gasteiger partial charge in [-0.05, 0) is 6.07 Å². The van der Waals surface area contributed by atoms with Gasteiger partial charge in [-0.15, -0.1) is 0 Å². The molecule has 2 aromatic rings. The third-order valence-electron chi connectivity index (χ3n) is 2.22. The highest BCUT2D eigenvalue weighted by atomic mass is 16.7. The molecule has 0 unspecified atom stereocenters. The van der Waals surface area contributed by atoms with Crippen molar-refractivity contribution < 1.29 is 13.9 Å². The molecule has 4 nitrogen and oxygen atoms in total. The summed E-state index contributed by atoms with van der Waals surface area (Å²) in [5.74, 6) is 0. The maximum absolute atomic E-state index is 5.34. The van der Waals surface area contributed by atoms with Gasteiger partial charge in [0.2, 0.25) is 6.29 Å². The average Bonchev–Trinajstić information content (AvgIpc) is 2.88. The normalized spacial score (nSPS) is 18.0. The zero-order valence-electron chi connectivity index (χ0n) is 7.47. The van der Waals surface area contributed by atoms with Gasteiger partial charge < -0.3 is 13.9 Å². The number of rotatable bonds is 1. The highest BCUT2D eigenvalue weighted by Crippen LogP contribution is 2.24. The van der Waals surface area contributed by atoms with Crippen LogP contribution in [-0.4, -0.2) is 18.2 Å². The van der Waals surface area contributed by atoms with Crippen LogP contribution in [0.3, 0.4) is 0 Å². The second kappa shape index (κ2) is 3.08. The van der Waals surface area contributed by atoms with Gasteiger partial charge in [0.15, 0.2) is 0 Å². The molecule has 0 saturated carbocycles. The van der Waals surface area contributed by atoms with Gasteiger partial charge in [-0.1, -0.05) is 0 Å². The molecule has 0 amide bonds. The Morgan fingerprint density at radius 1 is 1.29 bits per heavy atom. The first kappa shape index (κ1) is 7.96. The molecule has 0 bridgehead atoms. The monoisotopic (exact) mass is 191 g/mol. The summed E-state index contributed by atoms with van der Waals surface area (Å²) in [6, 6.07) is 3.73. The largest absolute Gasteiger partial charge is 0.464 e. The molecule has 14 heavy (non-hydrogen) atoms. The highest BCUT2D eigenvalue weighted by molar-refractivity contribution is 5.76. The van der Waals surface area contributed by atoms with Crippen LogP contribution < -0.4 is 0 Å². The van der Waals surface area contributed by atoms with Crippen molar-refractivity contribution in [2.24, 2.45) is 0 Å². The molecular formula is C10H9NO3. The minimum Gasteiger partial charge on any atom is -0.464 e. The molecule has 3 rings (SSSR count). The summed E-state index contributed by atoms with van der Waals surface area (Å²) in [6.45, 7) is 1.26. The van der Waals surface area contributed by atoms with Crippen molar-refractivity contribution in [2.45, 2.75) is 6.29 Å². The Morgan fingerprint density at radius 3 is 3.00 bits per heavy atom. The number of fused-ring (bicyclic) bond motifs is 1. The van der Waals surface area contributed by atoms with E-state index in [1.807, 2.05) is 12.1 Å². The molecule has 0 aromatic carbocycles. The van der Waals surface area contributed by atoms with Gasteiger partial charge >= 0.3 is 0 Å². The van der Waals surface area contributed by atoms with E-state index in [1.165, 1.54) is 0 Å². The Morgan fingerprint density at radius 2 is 2.14 bits per heavy atom. The van der Waals surface area contributed by atoms with Crippen molar-refractivity contribution in [3.63, 3.8) is 0 Å². The van der Waals surface area contributed by atoms with Gasteiger partial charge in [0.1, 0.15) is 5.58 Å². The van der Waals surface area contributed by atoms with Gasteiger partial charge in [0.05, 0.1) is 25.2 Å². The number of pyridine rings is 1. The van der Waals surface area contributed by atoms with Crippen LogP contribution in [0.25, 0.3) is 11.0 Å². The van der Waals surface area contributed by atoms with Crippen molar-refractivity contribution in [3.05, 3.63) is 30.3 Å². The molecule has 0 aliphatic carbocycles. The van der Waals surface area contributed by atoms with Crippen molar-refractivity contribution in [1.29, 1.82) is 0 Å². The van der Waals surface area contributed by atoms with E-state index in [9.17, 15) is 0 Å². The Balaban J connectivity index is 2.04. The Hall–Kier alpha value is -1.39. The smallest absolute Gasteiger partial charge is 0.201 e. The third kappa shape index (κ3) is 1.20. The molecule has 72 valence electrons. The van der Waals surface area contributed by atoms with Crippen LogP contribution >= 0.6 is 0 Å². The van der Waals surface area contributed by atoms with Crippen LogP contribution in [-0.2, 0) is 9.47 Å². The SMILES string of the molecule is c1cc2cnc(C3OCCO3)cc2o1. The lowest BCUT2D eigenvalue weighted by Crippen LogP contribution is -2.00. The van der Waals surface area contributed by atoms with Gasteiger partial charge in [0, 0.05) is 17.6 Å². The van der Waals surface area contributed by atoms with E-state index >= 15 is 0 Å². The standard InChI is InChI=1S/C10H9NO3/c1-2-12-9-5-8(11-6-7(1)9)10-13-3-4-14-10/h1-2,5-6,10H,3-4H2. The van der Waals surface area contributed by atoms with Crippen LogP contribution in [0.2, 0.25) is 0 Å². The summed E-state index contributed by atoms with van der Waals surface area (Å²) in [4.78, 5) is 4.25. The molecule has 0 radical (unpaired) electrons. The van der Waals surface area contributed by atoms with Crippen LogP contribution in [0, 0.1) is 0 Å². The van der Waals surface area contributed by atoms with E-state index in [2.05, 4.69) is 4.98 Å². The average molecular weight is 191 g/mol. The maximum Gasteiger partial charge on any atom is 0.201 e. The first-order chi connectivity index (χ1) is 6.93. The Bertz CT molecular complexity index is 445. The molecule has 2 aromatic heterocycles. The number of hydrogen-bond acceptors (Lipinski definition) is 4. The van der Waals surface area contributed by atoms with E-state index in [0.717, 1.165) is 16.7 Å². The molecular weight excluding hydrogens is 182 g/mol. The van der Waals surface area contributed by atoms with Gasteiger partial charge in [-0.25, -0.2) is 0 Å². The van der Waals surface area contributed by atoms with Gasteiger partial charge in [-0.3, -0.25) is 4.98 Å². The fraction of sp³-hybridized carbons (Fsp3) is 0.300. The number of ether oxygens (including phenoxy) is 2. The molecule has 1 saturated heterocycles. The van der Waals surface area contributed by atoms with E-state index in [4.69, 9.17) is 13.9 Å². The van der Waals surface area contributed by atoms with Crippen molar-refractivity contribution in [2.75, 3.05) is 13.2 Å². The van der Waals surface area contributed by atoms with E-state index in [-0.39, 0.29) is 6.29 Å². The molecule has 1 aliphatic heterocycles. The second-order valence-electron chi connectivity index (χ2n) is 3.14. The van der Waals surface area contributed by atoms with Crippen molar-refractivity contribution in [1.82, 2.24) is 4.98 Å². The maximum atomic E-state index is 5.34. The zero-order valence-corrected chi connectivity index (χ0v) is 7.47. The molecule has 4 heteroatoms. The number of hydrogen-bond donors (Lipinski definition) is 0. The number of aromatic nitrogens is 1. The number of nitrogens with zero attached hydrogens (tertiary/aromatic N) is 1. The summed E-state index contributed by atoms with van der Waals surface area (Å²) in [5, 5.41) is 0.992. The van der Waals surface area contributed by atoms with Crippen molar-refractivity contribution in [3.8, 4) is 0 Å². The number of furan rings is 1. The summed E-state index contributed by atoms with van der Waals surface area (Å²) < 4.78 is 15.9. The van der Waals surface area contributed by atoms with Crippen molar-refractivity contribution >= 4 is 11.0 Å². The van der Waals surface area contributed by atoms with Crippen LogP contribution in [0.4, 0.5) is 0 Å². The lowest BCUT2D eigenvalue weighted by molar-refractivity contribution is -0.0472. The minimum atomic E-state index is -0.329. The summed E-state index contributed by atoms with van der Waals surface area (Å²) in [6.07, 6.45) is 3.08. The van der Waals surface area contributed by atoms with Crippen LogP contribution in [0.5, 0.6) is 0 Å². The molecule has 0 spiro atoms. The van der Waals surface area contributed by atoms with E-state index in [1.54, 1.807) is 12.5 Å². The summed E-state index contributed by atoms with van der Waals surface area (Å²) in [5.41, 5.74) is 1.58. The summed E-state index contributed by atoms with van der Waals surface area (Å²) >= 11 is 0. The Labute approximate surface area is 80.4 Å². The fourth-order valence-electron chi connectivity index (χ4n) is 1.53. The zero-order chi connectivity index (χ0) is 9.38. The molecule has 1 aliphatic rings. The van der Waals surface area contributed by atoms with Crippen LogP contribution in [0.15, 0.2) is 29.0 Å². The topological polar surface area (TPSA) is 44.5 Å². The first-order valence-corrected chi connectivity index (χ1v) is 4.50. The van der Waals surface area contributed by atoms with E-state index < -0.39 is 0 Å². The van der Waals surface area contributed by atoms with Crippen LogP contribution in [0.1, 0.15) is 12.0 Å². The molecule has 3 heterocycles. The minimum absolute atomic E-state index is 0.329. The molecule has 1 fully saturated rings. The lowest BCUT2D eigenvalue weighted by atomic mass is 10.3. The summed E-state index contributed by atoms with van der Waals surface area (Å²) in [7, 11) is 0. The highest BCUT2D eigenvalue weighted by Gasteiger charge is 2.20. The Kier molecular flexibility index (Phi) is 1.75. The van der Waals surface area contributed by atoms with E-state index in [0.29, 0.717) is 13.2 Å². The van der Waals surface area contributed by atoms with Gasteiger partial charge in [-0.2, -0.15) is 0 Å². The second-order valence-corrected chi connectivity index (χ2v) is 3.14. The van der Waals surface area contributed by atoms with Gasteiger partial charge in [0.25, 0.3) is 0 Å². The fourth-order valence-corrected chi connectivity index (χ4v) is 1.53. The predicted octanol–water partition coefficient (Wildman–Crippen LogP) is 1.87. The first-order valence-electron chi connectivity index (χ1n) is 4.50. The predicted molar refractivity (Wildman–Crippen MR) is 48.7 cm³/mol. The lowest BCUT2D eigenvalue weighted by Gasteiger charge is -2.06. The third-order valence-corrected chi connectivity index (χ3v) is 2.22.